The number of halogens is 1. The minimum Gasteiger partial charge on any atom is -0.454 e. The van der Waals surface area contributed by atoms with Crippen LogP contribution in [0.4, 0.5) is 0 Å². The minimum atomic E-state index is -0.206. The lowest BCUT2D eigenvalue weighted by Crippen LogP contribution is -2.28. The van der Waals surface area contributed by atoms with Crippen LogP contribution in [0, 0.1) is 0 Å². The molecule has 1 aromatic heterocycles. The largest absolute Gasteiger partial charge is 0.454 e. The molecule has 1 aliphatic heterocycles. The standard InChI is InChI=1S/C17H14BrN5O3/c18-13-4-2-12(3-5-13)17-20-22-23(21-17)9-16(24)19-8-11-1-6-14-15(7-11)26-10-25-14/h1-7H,8-10H2,(H,19,24). The molecule has 0 bridgehead atoms. The van der Waals surface area contributed by atoms with Crippen LogP contribution < -0.4 is 14.8 Å². The van der Waals surface area contributed by atoms with E-state index in [1.165, 1.54) is 4.80 Å². The molecule has 9 heteroatoms. The summed E-state index contributed by atoms with van der Waals surface area (Å²) in [5.41, 5.74) is 1.75. The number of hydrogen-bond donors (Lipinski definition) is 1. The number of nitrogens with one attached hydrogen (secondary N) is 1. The predicted molar refractivity (Wildman–Crippen MR) is 95.4 cm³/mol. The molecule has 132 valence electrons. The second kappa shape index (κ2) is 7.12. The highest BCUT2D eigenvalue weighted by Gasteiger charge is 2.14. The maximum Gasteiger partial charge on any atom is 0.243 e. The molecule has 26 heavy (non-hydrogen) atoms. The van der Waals surface area contributed by atoms with Crippen molar-refractivity contribution >= 4 is 21.8 Å². The zero-order valence-corrected chi connectivity index (χ0v) is 15.1. The molecular weight excluding hydrogens is 402 g/mol. The van der Waals surface area contributed by atoms with E-state index in [-0.39, 0.29) is 19.2 Å². The molecule has 0 spiro atoms. The fraction of sp³-hybridized carbons (Fsp3) is 0.176. The third kappa shape index (κ3) is 3.67. The van der Waals surface area contributed by atoms with E-state index in [1.54, 1.807) is 0 Å². The Morgan fingerprint density at radius 3 is 2.81 bits per heavy atom. The lowest BCUT2D eigenvalue weighted by molar-refractivity contribution is -0.122. The Morgan fingerprint density at radius 1 is 1.15 bits per heavy atom. The van der Waals surface area contributed by atoms with Crippen LogP contribution >= 0.6 is 15.9 Å². The zero-order valence-electron chi connectivity index (χ0n) is 13.6. The molecule has 0 unspecified atom stereocenters. The summed E-state index contributed by atoms with van der Waals surface area (Å²) >= 11 is 3.38. The Labute approximate surface area is 157 Å². The van der Waals surface area contributed by atoms with Crippen molar-refractivity contribution < 1.29 is 14.3 Å². The summed E-state index contributed by atoms with van der Waals surface area (Å²) in [5.74, 6) is 1.67. The number of nitrogens with zero attached hydrogens (tertiary/aromatic N) is 4. The Bertz CT molecular complexity index is 942. The van der Waals surface area contributed by atoms with Gasteiger partial charge in [0.25, 0.3) is 0 Å². The zero-order chi connectivity index (χ0) is 17.9. The van der Waals surface area contributed by atoms with Crippen molar-refractivity contribution in [1.82, 2.24) is 25.5 Å². The van der Waals surface area contributed by atoms with E-state index < -0.39 is 0 Å². The molecule has 4 rings (SSSR count). The monoisotopic (exact) mass is 415 g/mol. The predicted octanol–water partition coefficient (Wildman–Crippen LogP) is 2.15. The van der Waals surface area contributed by atoms with Gasteiger partial charge in [0.05, 0.1) is 0 Å². The van der Waals surface area contributed by atoms with Gasteiger partial charge in [-0.3, -0.25) is 4.79 Å². The van der Waals surface area contributed by atoms with Crippen LogP contribution in [0.2, 0.25) is 0 Å². The second-order valence-corrected chi connectivity index (χ2v) is 6.53. The van der Waals surface area contributed by atoms with Crippen molar-refractivity contribution in [1.29, 1.82) is 0 Å². The van der Waals surface area contributed by atoms with Gasteiger partial charge in [0.1, 0.15) is 6.54 Å². The van der Waals surface area contributed by atoms with E-state index in [2.05, 4.69) is 36.7 Å². The topological polar surface area (TPSA) is 91.2 Å². The summed E-state index contributed by atoms with van der Waals surface area (Å²) < 4.78 is 11.6. The summed E-state index contributed by atoms with van der Waals surface area (Å²) in [4.78, 5) is 13.4. The van der Waals surface area contributed by atoms with Crippen LogP contribution in [0.25, 0.3) is 11.4 Å². The minimum absolute atomic E-state index is 0.00587. The number of aromatic nitrogens is 4. The summed E-state index contributed by atoms with van der Waals surface area (Å²) in [7, 11) is 0. The average molecular weight is 416 g/mol. The molecule has 2 heterocycles. The van der Waals surface area contributed by atoms with Gasteiger partial charge in [-0.2, -0.15) is 4.80 Å². The van der Waals surface area contributed by atoms with Crippen LogP contribution in [0.3, 0.4) is 0 Å². The first-order valence-electron chi connectivity index (χ1n) is 7.86. The fourth-order valence-electron chi connectivity index (χ4n) is 2.46. The first-order valence-corrected chi connectivity index (χ1v) is 8.66. The highest BCUT2D eigenvalue weighted by molar-refractivity contribution is 9.10. The van der Waals surface area contributed by atoms with Crippen LogP contribution in [0.15, 0.2) is 46.9 Å². The van der Waals surface area contributed by atoms with Gasteiger partial charge < -0.3 is 14.8 Å². The van der Waals surface area contributed by atoms with Crippen LogP contribution in [-0.4, -0.2) is 32.9 Å². The molecule has 1 amide bonds. The SMILES string of the molecule is O=C(Cn1nnc(-c2ccc(Br)cc2)n1)NCc1ccc2c(c1)OCO2. The van der Waals surface area contributed by atoms with Crippen LogP contribution in [-0.2, 0) is 17.9 Å². The van der Waals surface area contributed by atoms with E-state index in [4.69, 9.17) is 9.47 Å². The number of carbonyl (C=O) groups is 1. The molecule has 0 saturated carbocycles. The van der Waals surface area contributed by atoms with Crippen LogP contribution in [0.1, 0.15) is 5.56 Å². The van der Waals surface area contributed by atoms with E-state index in [0.717, 1.165) is 15.6 Å². The molecule has 0 atom stereocenters. The number of ether oxygens (including phenoxy) is 2. The number of fused-ring (bicyclic) bond motifs is 1. The van der Waals surface area contributed by atoms with Gasteiger partial charge in [-0.25, -0.2) is 0 Å². The highest BCUT2D eigenvalue weighted by atomic mass is 79.9. The summed E-state index contributed by atoms with van der Waals surface area (Å²) in [5, 5.41) is 15.0. The fourth-order valence-corrected chi connectivity index (χ4v) is 2.72. The maximum atomic E-state index is 12.1. The molecule has 3 aromatic rings. The molecule has 1 aliphatic rings. The molecule has 0 aliphatic carbocycles. The van der Waals surface area contributed by atoms with Crippen molar-refractivity contribution in [2.75, 3.05) is 6.79 Å². The molecule has 2 aromatic carbocycles. The number of carbonyl (C=O) groups excluding carboxylic acids is 1. The van der Waals surface area contributed by atoms with Crippen LogP contribution in [0.5, 0.6) is 11.5 Å². The summed E-state index contributed by atoms with van der Waals surface area (Å²) in [6.45, 7) is 0.599. The number of amides is 1. The van der Waals surface area contributed by atoms with Gasteiger partial charge in [-0.15, -0.1) is 10.2 Å². The normalized spacial score (nSPS) is 12.2. The number of tetrazole rings is 1. The molecule has 0 saturated heterocycles. The van der Waals surface area contributed by atoms with Crippen molar-refractivity contribution in [3.05, 3.63) is 52.5 Å². The van der Waals surface area contributed by atoms with Gasteiger partial charge in [0.15, 0.2) is 11.5 Å². The van der Waals surface area contributed by atoms with Gasteiger partial charge >= 0.3 is 0 Å². The maximum absolute atomic E-state index is 12.1. The molecule has 1 N–H and O–H groups in total. The lowest BCUT2D eigenvalue weighted by atomic mass is 10.2. The van der Waals surface area contributed by atoms with E-state index in [1.807, 2.05) is 42.5 Å². The van der Waals surface area contributed by atoms with Crippen molar-refractivity contribution in [3.8, 4) is 22.9 Å². The second-order valence-electron chi connectivity index (χ2n) is 5.61. The third-order valence-corrected chi connectivity index (χ3v) is 4.30. The first kappa shape index (κ1) is 16.5. The van der Waals surface area contributed by atoms with Crippen molar-refractivity contribution in [2.45, 2.75) is 13.1 Å². The van der Waals surface area contributed by atoms with E-state index >= 15 is 0 Å². The van der Waals surface area contributed by atoms with Gasteiger partial charge in [0, 0.05) is 16.6 Å². The molecular formula is C17H14BrN5O3. The van der Waals surface area contributed by atoms with Gasteiger partial charge in [-0.1, -0.05) is 22.0 Å². The number of rotatable bonds is 5. The Morgan fingerprint density at radius 2 is 1.96 bits per heavy atom. The lowest BCUT2D eigenvalue weighted by Gasteiger charge is -2.05. The Hall–Kier alpha value is -2.94. The number of benzene rings is 2. The third-order valence-electron chi connectivity index (χ3n) is 3.77. The van der Waals surface area contributed by atoms with E-state index in [0.29, 0.717) is 23.9 Å². The molecule has 0 radical (unpaired) electrons. The smallest absolute Gasteiger partial charge is 0.243 e. The van der Waals surface area contributed by atoms with Crippen molar-refractivity contribution in [3.63, 3.8) is 0 Å². The van der Waals surface area contributed by atoms with Crippen molar-refractivity contribution in [2.24, 2.45) is 0 Å². The quantitative estimate of drug-likeness (QED) is 0.686. The summed E-state index contributed by atoms with van der Waals surface area (Å²) in [6.07, 6.45) is 0. The summed E-state index contributed by atoms with van der Waals surface area (Å²) in [6, 6.07) is 13.1. The number of hydrogen-bond acceptors (Lipinski definition) is 6. The highest BCUT2D eigenvalue weighted by Crippen LogP contribution is 2.32. The molecule has 0 fully saturated rings. The first-order chi connectivity index (χ1) is 12.7. The van der Waals surface area contributed by atoms with E-state index in [9.17, 15) is 4.79 Å². The van der Waals surface area contributed by atoms with Gasteiger partial charge in [-0.05, 0) is 47.2 Å². The average Bonchev–Trinajstić information content (AvgIpc) is 3.29. The molecule has 8 nitrogen and oxygen atoms in total. The Balaban J connectivity index is 1.34. The Kier molecular flexibility index (Phi) is 4.53. The van der Waals surface area contributed by atoms with Gasteiger partial charge in [0.2, 0.25) is 18.5 Å².